The smallest absolute Gasteiger partial charge is 0.212 e. The van der Waals surface area contributed by atoms with Crippen LogP contribution < -0.4 is 10.5 Å². The Labute approximate surface area is 134 Å². The highest BCUT2D eigenvalue weighted by atomic mass is 16.5. The molecule has 0 fully saturated rings. The van der Waals surface area contributed by atoms with E-state index in [2.05, 4.69) is 26.9 Å². The molecule has 0 aliphatic rings. The van der Waals surface area contributed by atoms with Crippen molar-refractivity contribution in [1.29, 1.82) is 0 Å². The molecule has 0 aliphatic heterocycles. The van der Waals surface area contributed by atoms with Gasteiger partial charge in [-0.3, -0.25) is 0 Å². The molecule has 0 amide bonds. The molecule has 0 aromatic carbocycles. The summed E-state index contributed by atoms with van der Waals surface area (Å²) >= 11 is 0. The first-order valence-corrected chi connectivity index (χ1v) is 7.29. The maximum Gasteiger partial charge on any atom is 0.212 e. The number of aryl methyl sites for hydroxylation is 1. The van der Waals surface area contributed by atoms with E-state index in [1.54, 1.807) is 31.9 Å². The topological polar surface area (TPSA) is 86.8 Å². The number of rotatable bonds is 4. The molecule has 116 valence electrons. The van der Waals surface area contributed by atoms with Gasteiger partial charge in [-0.15, -0.1) is 0 Å². The molecule has 3 heterocycles. The van der Waals surface area contributed by atoms with Gasteiger partial charge >= 0.3 is 0 Å². The number of hydrogen-bond acceptors (Lipinski definition) is 6. The van der Waals surface area contributed by atoms with Crippen molar-refractivity contribution in [3.8, 4) is 28.3 Å². The molecular formula is C17H17N5O. The van der Waals surface area contributed by atoms with Crippen molar-refractivity contribution in [1.82, 2.24) is 19.9 Å². The van der Waals surface area contributed by atoms with Crippen molar-refractivity contribution >= 4 is 5.82 Å². The molecular weight excluding hydrogens is 290 g/mol. The lowest BCUT2D eigenvalue weighted by Crippen LogP contribution is -2.00. The second-order valence-electron chi connectivity index (χ2n) is 4.96. The molecule has 0 saturated carbocycles. The largest absolute Gasteiger partial charge is 0.481 e. The van der Waals surface area contributed by atoms with Crippen LogP contribution in [0.4, 0.5) is 5.82 Å². The summed E-state index contributed by atoms with van der Waals surface area (Å²) in [6.07, 6.45) is 5.86. The minimum atomic E-state index is 0.483. The molecule has 0 aliphatic carbocycles. The van der Waals surface area contributed by atoms with Gasteiger partial charge in [0.15, 0.2) is 0 Å². The summed E-state index contributed by atoms with van der Waals surface area (Å²) in [6, 6.07) is 7.45. The van der Waals surface area contributed by atoms with Crippen LogP contribution in [0.25, 0.3) is 22.4 Å². The Hall–Kier alpha value is -3.02. The summed E-state index contributed by atoms with van der Waals surface area (Å²) in [5.74, 6) is 1.05. The number of nitrogen functional groups attached to an aromatic ring is 1. The van der Waals surface area contributed by atoms with E-state index in [4.69, 9.17) is 10.5 Å². The third-order valence-electron chi connectivity index (χ3n) is 3.55. The van der Waals surface area contributed by atoms with Crippen molar-refractivity contribution in [2.45, 2.75) is 13.3 Å². The Kier molecular flexibility index (Phi) is 4.14. The molecule has 0 atom stereocenters. The van der Waals surface area contributed by atoms with E-state index in [-0.39, 0.29) is 0 Å². The molecule has 6 heteroatoms. The van der Waals surface area contributed by atoms with Gasteiger partial charge in [0.25, 0.3) is 0 Å². The minimum Gasteiger partial charge on any atom is -0.481 e. The van der Waals surface area contributed by atoms with Crippen LogP contribution in [0.2, 0.25) is 0 Å². The maximum absolute atomic E-state index is 5.69. The first-order valence-electron chi connectivity index (χ1n) is 7.29. The number of ether oxygens (including phenoxy) is 1. The summed E-state index contributed by atoms with van der Waals surface area (Å²) in [5, 5.41) is 0. The number of anilines is 1. The van der Waals surface area contributed by atoms with Crippen molar-refractivity contribution < 1.29 is 4.74 Å². The Bertz CT molecular complexity index is 800. The lowest BCUT2D eigenvalue weighted by Gasteiger charge is -2.12. The predicted molar refractivity (Wildman–Crippen MR) is 88.8 cm³/mol. The molecule has 2 N–H and O–H groups in total. The molecule has 3 aromatic rings. The zero-order chi connectivity index (χ0) is 16.2. The van der Waals surface area contributed by atoms with Crippen molar-refractivity contribution in [3.05, 3.63) is 48.7 Å². The second kappa shape index (κ2) is 6.39. The van der Waals surface area contributed by atoms with Crippen LogP contribution in [0, 0.1) is 0 Å². The molecule has 0 spiro atoms. The third-order valence-corrected chi connectivity index (χ3v) is 3.55. The van der Waals surface area contributed by atoms with Gasteiger partial charge in [-0.2, -0.15) is 0 Å². The normalized spacial score (nSPS) is 10.5. The Balaban J connectivity index is 2.18. The molecule has 0 unspecified atom stereocenters. The zero-order valence-electron chi connectivity index (χ0n) is 13.0. The first kappa shape index (κ1) is 14.9. The van der Waals surface area contributed by atoms with Crippen LogP contribution in [0.1, 0.15) is 12.6 Å². The van der Waals surface area contributed by atoms with Crippen molar-refractivity contribution in [2.75, 3.05) is 12.8 Å². The summed E-state index contributed by atoms with van der Waals surface area (Å²) in [6.45, 7) is 2.06. The van der Waals surface area contributed by atoms with Gasteiger partial charge in [0.1, 0.15) is 12.1 Å². The number of methoxy groups -OCH3 is 1. The number of hydrogen-bond donors (Lipinski definition) is 1. The number of nitrogens with zero attached hydrogens (tertiary/aromatic N) is 4. The first-order chi connectivity index (χ1) is 11.2. The minimum absolute atomic E-state index is 0.483. The van der Waals surface area contributed by atoms with Crippen LogP contribution in [0.15, 0.2) is 43.0 Å². The quantitative estimate of drug-likeness (QED) is 0.797. The Morgan fingerprint density at radius 3 is 2.35 bits per heavy atom. The molecule has 23 heavy (non-hydrogen) atoms. The predicted octanol–water partition coefficient (Wildman–Crippen LogP) is 2.75. The van der Waals surface area contributed by atoms with E-state index >= 15 is 0 Å². The fourth-order valence-electron chi connectivity index (χ4n) is 2.41. The summed E-state index contributed by atoms with van der Waals surface area (Å²) in [7, 11) is 1.59. The Morgan fingerprint density at radius 1 is 0.957 bits per heavy atom. The fraction of sp³-hybridized carbons (Fsp3) is 0.176. The number of pyridine rings is 2. The molecule has 3 aromatic heterocycles. The highest BCUT2D eigenvalue weighted by Crippen LogP contribution is 2.32. The van der Waals surface area contributed by atoms with E-state index in [1.807, 2.05) is 18.2 Å². The third kappa shape index (κ3) is 2.96. The lowest BCUT2D eigenvalue weighted by molar-refractivity contribution is 0.398. The van der Waals surface area contributed by atoms with Gasteiger partial charge in [-0.1, -0.05) is 6.92 Å². The van der Waals surface area contributed by atoms with Crippen LogP contribution in [-0.2, 0) is 6.42 Å². The highest BCUT2D eigenvalue weighted by molar-refractivity contribution is 5.81. The van der Waals surface area contributed by atoms with Gasteiger partial charge < -0.3 is 10.5 Å². The van der Waals surface area contributed by atoms with Gasteiger partial charge in [-0.05, 0) is 24.6 Å². The molecule has 0 radical (unpaired) electrons. The van der Waals surface area contributed by atoms with Crippen LogP contribution in [0.5, 0.6) is 5.88 Å². The molecule has 0 bridgehead atoms. The zero-order valence-corrected chi connectivity index (χ0v) is 13.0. The van der Waals surface area contributed by atoms with Gasteiger partial charge in [0, 0.05) is 35.2 Å². The summed E-state index contributed by atoms with van der Waals surface area (Å²) < 4.78 is 5.11. The molecule has 3 rings (SSSR count). The number of aromatic nitrogens is 4. The van der Waals surface area contributed by atoms with Gasteiger partial charge in [-0.25, -0.2) is 19.9 Å². The van der Waals surface area contributed by atoms with Crippen LogP contribution >= 0.6 is 0 Å². The summed E-state index contributed by atoms with van der Waals surface area (Å²) in [5.41, 5.74) is 10.2. The average Bonchev–Trinajstić information content (AvgIpc) is 2.62. The van der Waals surface area contributed by atoms with Crippen LogP contribution in [-0.4, -0.2) is 27.0 Å². The lowest BCUT2D eigenvalue weighted by atomic mass is 9.98. The molecule has 6 nitrogen and oxygen atoms in total. The average molecular weight is 307 g/mol. The van der Waals surface area contributed by atoms with Crippen LogP contribution in [0.3, 0.4) is 0 Å². The second-order valence-corrected chi connectivity index (χ2v) is 4.96. The van der Waals surface area contributed by atoms with E-state index in [0.29, 0.717) is 11.7 Å². The van der Waals surface area contributed by atoms with Gasteiger partial charge in [0.2, 0.25) is 5.88 Å². The van der Waals surface area contributed by atoms with Crippen molar-refractivity contribution in [2.24, 2.45) is 0 Å². The molecule has 0 saturated heterocycles. The fourth-order valence-corrected chi connectivity index (χ4v) is 2.41. The maximum atomic E-state index is 5.69. The monoisotopic (exact) mass is 307 g/mol. The van der Waals surface area contributed by atoms with E-state index in [0.717, 1.165) is 34.5 Å². The van der Waals surface area contributed by atoms with Crippen molar-refractivity contribution in [3.63, 3.8) is 0 Å². The standard InChI is InChI=1S/C17H17N5O/c1-3-13-16(11-4-6-14(18)19-8-11)17(22-10-21-13)12-5-7-15(23-2)20-9-12/h4-10H,3H2,1-2H3,(H2,18,19). The van der Waals surface area contributed by atoms with E-state index in [1.165, 1.54) is 0 Å². The Morgan fingerprint density at radius 2 is 1.74 bits per heavy atom. The van der Waals surface area contributed by atoms with E-state index in [9.17, 15) is 0 Å². The van der Waals surface area contributed by atoms with Gasteiger partial charge in [0.05, 0.1) is 18.5 Å². The van der Waals surface area contributed by atoms with E-state index < -0.39 is 0 Å². The SMILES string of the molecule is CCc1ncnc(-c2ccc(OC)nc2)c1-c1ccc(N)nc1. The summed E-state index contributed by atoms with van der Waals surface area (Å²) in [4.78, 5) is 17.3. The number of nitrogens with two attached hydrogens (primary N) is 1. The highest BCUT2D eigenvalue weighted by Gasteiger charge is 2.15.